The zero-order chi connectivity index (χ0) is 16.3. The van der Waals surface area contributed by atoms with Gasteiger partial charge in [-0.3, -0.25) is 0 Å². The quantitative estimate of drug-likeness (QED) is 0.303. The fourth-order valence-electron chi connectivity index (χ4n) is 3.26. The summed E-state index contributed by atoms with van der Waals surface area (Å²) in [6.45, 7) is 17.0. The van der Waals surface area contributed by atoms with Crippen LogP contribution in [0.3, 0.4) is 0 Å². The van der Waals surface area contributed by atoms with Crippen LogP contribution in [0, 0.1) is 23.2 Å². The van der Waals surface area contributed by atoms with Crippen molar-refractivity contribution >= 4 is 0 Å². The van der Waals surface area contributed by atoms with Gasteiger partial charge in [-0.15, -0.1) is 0 Å². The van der Waals surface area contributed by atoms with E-state index in [0.29, 0.717) is 5.41 Å². The molecule has 0 aromatic heterocycles. The van der Waals surface area contributed by atoms with Crippen LogP contribution in [-0.2, 0) is 0 Å². The molecule has 0 aromatic rings. The van der Waals surface area contributed by atoms with Gasteiger partial charge in [0.2, 0.25) is 0 Å². The Labute approximate surface area is 136 Å². The molecule has 0 aliphatic rings. The summed E-state index contributed by atoms with van der Waals surface area (Å²) in [7, 11) is 0. The van der Waals surface area contributed by atoms with Gasteiger partial charge in [-0.25, -0.2) is 0 Å². The first kappa shape index (κ1) is 21.0. The Hall–Kier alpha value is 0. The molecule has 0 saturated carbocycles. The summed E-state index contributed by atoms with van der Waals surface area (Å²) in [5, 5.41) is 0. The Morgan fingerprint density at radius 3 is 1.81 bits per heavy atom. The van der Waals surface area contributed by atoms with Gasteiger partial charge in [0, 0.05) is 0 Å². The van der Waals surface area contributed by atoms with Crippen LogP contribution >= 0.6 is 0 Å². The van der Waals surface area contributed by atoms with Gasteiger partial charge < -0.3 is 0 Å². The maximum absolute atomic E-state index is 2.59. The summed E-state index contributed by atoms with van der Waals surface area (Å²) < 4.78 is 0. The minimum absolute atomic E-state index is 0.575. The first-order valence-electron chi connectivity index (χ1n) is 9.89. The van der Waals surface area contributed by atoms with Crippen LogP contribution in [0.4, 0.5) is 0 Å². The normalized spacial score (nSPS) is 19.0. The maximum Gasteiger partial charge on any atom is -0.0300 e. The molecule has 0 aliphatic carbocycles. The van der Waals surface area contributed by atoms with E-state index in [0.717, 1.165) is 17.8 Å². The molecule has 0 fully saturated rings. The van der Waals surface area contributed by atoms with Gasteiger partial charge in [0.1, 0.15) is 0 Å². The SMILES string of the molecule is CCCCCC(C)(CCC(C)CC)C(C)CCC(C)CC. The van der Waals surface area contributed by atoms with E-state index in [4.69, 9.17) is 0 Å². The largest absolute Gasteiger partial charge is 0.0654 e. The van der Waals surface area contributed by atoms with E-state index in [1.54, 1.807) is 0 Å². The van der Waals surface area contributed by atoms with E-state index in [2.05, 4.69) is 48.5 Å². The number of hydrogen-bond acceptors (Lipinski definition) is 0. The predicted molar refractivity (Wildman–Crippen MR) is 98.8 cm³/mol. The number of unbranched alkanes of at least 4 members (excludes halogenated alkanes) is 2. The van der Waals surface area contributed by atoms with Crippen molar-refractivity contribution in [3.8, 4) is 0 Å². The van der Waals surface area contributed by atoms with Gasteiger partial charge in [-0.1, -0.05) is 93.4 Å². The van der Waals surface area contributed by atoms with Gasteiger partial charge in [0.15, 0.2) is 0 Å². The molecule has 4 unspecified atom stereocenters. The fourth-order valence-corrected chi connectivity index (χ4v) is 3.26. The lowest BCUT2D eigenvalue weighted by Crippen LogP contribution is -2.27. The summed E-state index contributed by atoms with van der Waals surface area (Å²) in [5.41, 5.74) is 0.575. The van der Waals surface area contributed by atoms with Gasteiger partial charge in [-0.2, -0.15) is 0 Å². The van der Waals surface area contributed by atoms with Crippen molar-refractivity contribution in [3.63, 3.8) is 0 Å². The van der Waals surface area contributed by atoms with Crippen molar-refractivity contribution < 1.29 is 0 Å². The summed E-state index contributed by atoms with van der Waals surface area (Å²) >= 11 is 0. The van der Waals surface area contributed by atoms with Crippen LogP contribution in [0.15, 0.2) is 0 Å². The highest BCUT2D eigenvalue weighted by Gasteiger charge is 2.30. The zero-order valence-electron chi connectivity index (χ0n) is 16.3. The second kappa shape index (κ2) is 11.6. The molecule has 0 N–H and O–H groups in total. The van der Waals surface area contributed by atoms with Crippen LogP contribution < -0.4 is 0 Å². The molecule has 0 radical (unpaired) electrons. The Morgan fingerprint density at radius 2 is 1.29 bits per heavy atom. The molecular formula is C21H44. The Balaban J connectivity index is 4.52. The Bertz CT molecular complexity index is 232. The molecule has 0 spiro atoms. The number of rotatable bonds is 13. The number of hydrogen-bond donors (Lipinski definition) is 0. The molecule has 0 amide bonds. The van der Waals surface area contributed by atoms with Crippen molar-refractivity contribution in [2.75, 3.05) is 0 Å². The van der Waals surface area contributed by atoms with Crippen LogP contribution in [0.1, 0.15) is 113 Å². The lowest BCUT2D eigenvalue weighted by Gasteiger charge is -2.37. The summed E-state index contributed by atoms with van der Waals surface area (Å²) in [4.78, 5) is 0. The van der Waals surface area contributed by atoms with Crippen LogP contribution in [0.5, 0.6) is 0 Å². The lowest BCUT2D eigenvalue weighted by molar-refractivity contribution is 0.134. The van der Waals surface area contributed by atoms with Gasteiger partial charge in [-0.05, 0) is 42.4 Å². The fraction of sp³-hybridized carbons (Fsp3) is 1.00. The third-order valence-corrected chi connectivity index (χ3v) is 6.24. The lowest BCUT2D eigenvalue weighted by atomic mass is 9.68. The van der Waals surface area contributed by atoms with Crippen LogP contribution in [-0.4, -0.2) is 0 Å². The van der Waals surface area contributed by atoms with E-state index >= 15 is 0 Å². The third kappa shape index (κ3) is 8.89. The third-order valence-electron chi connectivity index (χ3n) is 6.24. The second-order valence-electron chi connectivity index (χ2n) is 8.16. The molecule has 0 rings (SSSR count). The average molecular weight is 297 g/mol. The molecule has 0 heterocycles. The van der Waals surface area contributed by atoms with Gasteiger partial charge in [0.25, 0.3) is 0 Å². The summed E-state index contributed by atoms with van der Waals surface area (Å²) in [6.07, 6.45) is 14.0. The van der Waals surface area contributed by atoms with Crippen molar-refractivity contribution in [3.05, 3.63) is 0 Å². The monoisotopic (exact) mass is 296 g/mol. The average Bonchev–Trinajstić information content (AvgIpc) is 2.49. The van der Waals surface area contributed by atoms with Crippen LogP contribution in [0.25, 0.3) is 0 Å². The minimum atomic E-state index is 0.575. The highest BCUT2D eigenvalue weighted by molar-refractivity contribution is 4.81. The molecule has 0 aromatic carbocycles. The summed E-state index contributed by atoms with van der Waals surface area (Å²) in [6, 6.07) is 0. The van der Waals surface area contributed by atoms with Crippen molar-refractivity contribution in [1.82, 2.24) is 0 Å². The van der Waals surface area contributed by atoms with E-state index in [-0.39, 0.29) is 0 Å². The van der Waals surface area contributed by atoms with Crippen molar-refractivity contribution in [2.45, 2.75) is 113 Å². The topological polar surface area (TPSA) is 0 Å². The van der Waals surface area contributed by atoms with E-state index < -0.39 is 0 Å². The standard InChI is InChI=1S/C21H44/c1-8-11-12-16-21(7,17-15-19(5)10-3)20(6)14-13-18(4)9-2/h18-20H,8-17H2,1-7H3. The maximum atomic E-state index is 2.59. The van der Waals surface area contributed by atoms with Gasteiger partial charge in [0.05, 0.1) is 0 Å². The van der Waals surface area contributed by atoms with Crippen LogP contribution in [0.2, 0.25) is 0 Å². The van der Waals surface area contributed by atoms with Crippen molar-refractivity contribution in [2.24, 2.45) is 23.2 Å². The molecule has 21 heavy (non-hydrogen) atoms. The van der Waals surface area contributed by atoms with E-state index in [1.807, 2.05) is 0 Å². The minimum Gasteiger partial charge on any atom is -0.0654 e. The molecule has 4 atom stereocenters. The molecule has 0 nitrogen and oxygen atoms in total. The summed E-state index contributed by atoms with van der Waals surface area (Å²) in [5.74, 6) is 2.69. The molecular weight excluding hydrogens is 252 g/mol. The molecule has 0 aliphatic heterocycles. The Morgan fingerprint density at radius 1 is 0.714 bits per heavy atom. The molecule has 0 heteroatoms. The van der Waals surface area contributed by atoms with Gasteiger partial charge >= 0.3 is 0 Å². The molecule has 0 bridgehead atoms. The zero-order valence-corrected chi connectivity index (χ0v) is 16.3. The first-order chi connectivity index (χ1) is 9.89. The Kier molecular flexibility index (Phi) is 11.6. The highest BCUT2D eigenvalue weighted by Crippen LogP contribution is 2.42. The van der Waals surface area contributed by atoms with E-state index in [9.17, 15) is 0 Å². The smallest absolute Gasteiger partial charge is 0.0300 e. The molecule has 128 valence electrons. The second-order valence-corrected chi connectivity index (χ2v) is 8.16. The molecule has 0 saturated heterocycles. The first-order valence-corrected chi connectivity index (χ1v) is 9.89. The van der Waals surface area contributed by atoms with E-state index in [1.165, 1.54) is 64.2 Å². The van der Waals surface area contributed by atoms with Crippen molar-refractivity contribution in [1.29, 1.82) is 0 Å². The predicted octanol–water partition coefficient (Wildman–Crippen LogP) is 7.86. The highest BCUT2D eigenvalue weighted by atomic mass is 14.4.